The van der Waals surface area contributed by atoms with E-state index in [-0.39, 0.29) is 30.1 Å². The van der Waals surface area contributed by atoms with Crippen LogP contribution in [-0.2, 0) is 19.1 Å². The van der Waals surface area contributed by atoms with Crippen LogP contribution in [0.4, 0.5) is 14.5 Å². The molecule has 4 atom stereocenters. The molecule has 0 aliphatic carbocycles. The van der Waals surface area contributed by atoms with Crippen LogP contribution in [0.5, 0.6) is 0 Å². The van der Waals surface area contributed by atoms with Crippen LogP contribution in [0.3, 0.4) is 0 Å². The van der Waals surface area contributed by atoms with E-state index in [1.54, 1.807) is 31.5 Å². The topological polar surface area (TPSA) is 89.0 Å². The molecule has 0 aromatic heterocycles. The maximum absolute atomic E-state index is 14.1. The largest absolute Gasteiger partial charge is 0.466 e. The number of nitrogens with one attached hydrogen (secondary N) is 2. The molecular weight excluding hydrogens is 396 g/mol. The van der Waals surface area contributed by atoms with Gasteiger partial charge in [-0.2, -0.15) is 0 Å². The Balaban J connectivity index is 1.61. The third-order valence-corrected chi connectivity index (χ3v) is 4.95. The van der Waals surface area contributed by atoms with Gasteiger partial charge in [0.2, 0.25) is 5.78 Å². The van der Waals surface area contributed by atoms with Gasteiger partial charge in [0.25, 0.3) is 0 Å². The summed E-state index contributed by atoms with van der Waals surface area (Å²) in [6.45, 7) is 1.68. The molecule has 4 unspecified atom stereocenters. The van der Waals surface area contributed by atoms with Crippen LogP contribution in [0.2, 0.25) is 0 Å². The van der Waals surface area contributed by atoms with E-state index in [4.69, 9.17) is 9.47 Å². The Morgan fingerprint density at radius 3 is 3.00 bits per heavy atom. The summed E-state index contributed by atoms with van der Waals surface area (Å²) < 4.78 is 38.0. The van der Waals surface area contributed by atoms with E-state index in [9.17, 15) is 18.4 Å². The Hall–Kier alpha value is -3.49. The van der Waals surface area contributed by atoms with Gasteiger partial charge in [-0.15, -0.1) is 0 Å². The molecule has 0 amide bonds. The molecule has 1 fully saturated rings. The number of carbonyl (C=O) groups excluding carboxylic acids is 2. The minimum absolute atomic E-state index is 0.0512. The molecule has 2 N–H and O–H groups in total. The number of anilines is 1. The first kappa shape index (κ1) is 19.8. The summed E-state index contributed by atoms with van der Waals surface area (Å²) in [4.78, 5) is 29.6. The number of allylic oxidation sites excluding steroid dienone is 3. The van der Waals surface area contributed by atoms with Gasteiger partial charge in [-0.05, 0) is 36.8 Å². The lowest BCUT2D eigenvalue weighted by molar-refractivity contribution is -0.151. The second kappa shape index (κ2) is 8.10. The zero-order valence-corrected chi connectivity index (χ0v) is 16.0. The number of hydrogen-bond donors (Lipinski definition) is 2. The van der Waals surface area contributed by atoms with Gasteiger partial charge in [0.1, 0.15) is 17.8 Å². The van der Waals surface area contributed by atoms with E-state index >= 15 is 0 Å². The predicted octanol–water partition coefficient (Wildman–Crippen LogP) is 2.44. The number of Topliss-reactive ketones (excluding diaryl/α,β-unsaturated/α-hetero) is 1. The second-order valence-electron chi connectivity index (χ2n) is 6.87. The fourth-order valence-corrected chi connectivity index (χ4v) is 3.51. The summed E-state index contributed by atoms with van der Waals surface area (Å²) >= 11 is 0. The molecule has 1 aromatic carbocycles. The fraction of sp³-hybridized carbons (Fsp3) is 0.286. The Kier molecular flexibility index (Phi) is 5.35. The van der Waals surface area contributed by atoms with Crippen LogP contribution in [0, 0.1) is 23.5 Å². The molecular formula is C21H19F2N3O4. The number of fused-ring (bicyclic) bond motifs is 1. The van der Waals surface area contributed by atoms with Gasteiger partial charge in [0.15, 0.2) is 17.9 Å². The van der Waals surface area contributed by atoms with Crippen molar-refractivity contribution < 1.29 is 27.8 Å². The smallest absolute Gasteiger partial charge is 0.322 e. The molecule has 156 valence electrons. The Labute approximate surface area is 171 Å². The number of esters is 1. The number of nitrogens with zero attached hydrogens (tertiary/aromatic N) is 1. The summed E-state index contributed by atoms with van der Waals surface area (Å²) in [5, 5.41) is 5.77. The van der Waals surface area contributed by atoms with Crippen LogP contribution >= 0.6 is 0 Å². The molecule has 0 radical (unpaired) electrons. The van der Waals surface area contributed by atoms with E-state index in [1.807, 2.05) is 6.08 Å². The zero-order valence-electron chi connectivity index (χ0n) is 16.0. The molecule has 0 spiro atoms. The van der Waals surface area contributed by atoms with Gasteiger partial charge in [-0.1, -0.05) is 6.08 Å². The van der Waals surface area contributed by atoms with Crippen molar-refractivity contribution in [3.05, 3.63) is 65.6 Å². The van der Waals surface area contributed by atoms with E-state index in [1.165, 1.54) is 6.07 Å². The molecule has 4 rings (SSSR count). The molecule has 9 heteroatoms. The van der Waals surface area contributed by atoms with Crippen LogP contribution < -0.4 is 10.6 Å². The first-order valence-corrected chi connectivity index (χ1v) is 9.45. The van der Waals surface area contributed by atoms with Crippen molar-refractivity contribution in [2.45, 2.75) is 19.3 Å². The number of ketones is 1. The number of carbonyl (C=O) groups is 2. The Bertz CT molecular complexity index is 1000. The van der Waals surface area contributed by atoms with Gasteiger partial charge >= 0.3 is 5.97 Å². The van der Waals surface area contributed by atoms with Crippen LogP contribution in [0.1, 0.15) is 6.92 Å². The minimum Gasteiger partial charge on any atom is -0.466 e. The molecule has 0 saturated carbocycles. The maximum atomic E-state index is 14.1. The third-order valence-electron chi connectivity index (χ3n) is 4.95. The number of ether oxygens (including phenoxy) is 2. The Morgan fingerprint density at radius 2 is 2.23 bits per heavy atom. The molecule has 1 aromatic rings. The Morgan fingerprint density at radius 1 is 1.40 bits per heavy atom. The molecule has 0 bridgehead atoms. The van der Waals surface area contributed by atoms with Gasteiger partial charge < -0.3 is 20.1 Å². The van der Waals surface area contributed by atoms with Crippen molar-refractivity contribution >= 4 is 23.7 Å². The lowest BCUT2D eigenvalue weighted by Gasteiger charge is -2.19. The van der Waals surface area contributed by atoms with Crippen molar-refractivity contribution in [1.82, 2.24) is 5.32 Å². The van der Waals surface area contributed by atoms with Gasteiger partial charge in [0.05, 0.1) is 12.3 Å². The van der Waals surface area contributed by atoms with Crippen molar-refractivity contribution in [2.75, 3.05) is 11.9 Å². The highest BCUT2D eigenvalue weighted by atomic mass is 19.1. The highest BCUT2D eigenvalue weighted by molar-refractivity contribution is 6.10. The molecule has 1 saturated heterocycles. The number of rotatable bonds is 5. The van der Waals surface area contributed by atoms with E-state index in [0.717, 1.165) is 11.6 Å². The summed E-state index contributed by atoms with van der Waals surface area (Å²) in [5.41, 5.74) is 0.656. The first-order valence-electron chi connectivity index (χ1n) is 9.45. The maximum Gasteiger partial charge on any atom is 0.322 e. The average Bonchev–Trinajstić information content (AvgIpc) is 3.26. The standard InChI is InChI=1S/C21H19F2N3O4/c1-2-29-21(28)17-18(27)16(8-11-10-25-19-13(11)4-3-7-24-19)30-20(17)26-15-6-5-12(22)9-14(15)23/h3-10,13,17,19-20,25-26H,2H2,1H3/b16-8-. The number of dihydropyridines is 1. The monoisotopic (exact) mass is 415 g/mol. The predicted molar refractivity (Wildman–Crippen MR) is 104 cm³/mol. The number of halogens is 2. The van der Waals surface area contributed by atoms with Crippen molar-refractivity contribution in [3.63, 3.8) is 0 Å². The highest BCUT2D eigenvalue weighted by Crippen LogP contribution is 2.33. The van der Waals surface area contributed by atoms with Gasteiger partial charge in [0, 0.05) is 24.4 Å². The van der Waals surface area contributed by atoms with Crippen molar-refractivity contribution in [3.8, 4) is 0 Å². The van der Waals surface area contributed by atoms with Gasteiger partial charge in [-0.3, -0.25) is 14.6 Å². The summed E-state index contributed by atoms with van der Waals surface area (Å²) in [6.07, 6.45) is 7.33. The summed E-state index contributed by atoms with van der Waals surface area (Å²) in [7, 11) is 0. The van der Waals surface area contributed by atoms with Crippen LogP contribution in [-0.4, -0.2) is 37.0 Å². The average molecular weight is 415 g/mol. The van der Waals surface area contributed by atoms with Crippen LogP contribution in [0.15, 0.2) is 59.0 Å². The van der Waals surface area contributed by atoms with E-state index < -0.39 is 35.5 Å². The van der Waals surface area contributed by atoms with Crippen LogP contribution in [0.25, 0.3) is 0 Å². The minimum atomic E-state index is -1.33. The molecule has 7 nitrogen and oxygen atoms in total. The SMILES string of the molecule is CCOC(=O)C1C(=O)/C(=C/C2=CNC3N=CC=CC23)OC1Nc1ccc(F)cc1F. The van der Waals surface area contributed by atoms with Gasteiger partial charge in [-0.25, -0.2) is 8.78 Å². The lowest BCUT2D eigenvalue weighted by Crippen LogP contribution is -2.36. The summed E-state index contributed by atoms with van der Waals surface area (Å²) in [6, 6.07) is 2.92. The molecule has 3 aliphatic rings. The number of aliphatic imine (C=N–C) groups is 1. The molecule has 30 heavy (non-hydrogen) atoms. The first-order chi connectivity index (χ1) is 14.5. The lowest BCUT2D eigenvalue weighted by atomic mass is 9.96. The second-order valence-corrected chi connectivity index (χ2v) is 6.87. The fourth-order valence-electron chi connectivity index (χ4n) is 3.51. The van der Waals surface area contributed by atoms with E-state index in [0.29, 0.717) is 6.07 Å². The number of benzene rings is 1. The highest BCUT2D eigenvalue weighted by Gasteiger charge is 2.47. The van der Waals surface area contributed by atoms with Crippen molar-refractivity contribution in [1.29, 1.82) is 0 Å². The van der Waals surface area contributed by atoms with Crippen molar-refractivity contribution in [2.24, 2.45) is 16.8 Å². The quantitative estimate of drug-likeness (QED) is 0.436. The third kappa shape index (κ3) is 3.70. The molecule has 3 heterocycles. The normalized spacial score (nSPS) is 28.0. The number of hydrogen-bond acceptors (Lipinski definition) is 7. The molecule has 3 aliphatic heterocycles. The van der Waals surface area contributed by atoms with E-state index in [2.05, 4.69) is 15.6 Å². The summed E-state index contributed by atoms with van der Waals surface area (Å²) in [5.74, 6) is -4.45. The zero-order chi connectivity index (χ0) is 21.3.